The first kappa shape index (κ1) is 17.0. The zero-order valence-corrected chi connectivity index (χ0v) is 13.2. The van der Waals surface area contributed by atoms with Crippen LogP contribution in [0.15, 0.2) is 24.3 Å². The molecule has 0 bridgehead atoms. The summed E-state index contributed by atoms with van der Waals surface area (Å²) in [6, 6.07) is 7.15. The molecule has 5 nitrogen and oxygen atoms in total. The lowest BCUT2D eigenvalue weighted by molar-refractivity contribution is -0.122. The Labute approximate surface area is 126 Å². The summed E-state index contributed by atoms with van der Waals surface area (Å²) < 4.78 is 0. The van der Waals surface area contributed by atoms with E-state index in [1.165, 1.54) is 6.92 Å². The molecule has 0 heterocycles. The number of nitrogens with one attached hydrogen (secondary N) is 3. The Morgan fingerprint density at radius 3 is 2.48 bits per heavy atom. The molecule has 3 N–H and O–H groups in total. The van der Waals surface area contributed by atoms with Gasteiger partial charge in [0.15, 0.2) is 0 Å². The Hall–Kier alpha value is -2.04. The molecule has 0 spiro atoms. The number of hydrogen-bond donors (Lipinski definition) is 3. The molecule has 21 heavy (non-hydrogen) atoms. The van der Waals surface area contributed by atoms with Gasteiger partial charge in [0.1, 0.15) is 6.04 Å². The Bertz CT molecular complexity index is 488. The Morgan fingerprint density at radius 2 is 1.86 bits per heavy atom. The first-order valence-electron chi connectivity index (χ1n) is 7.37. The standard InChI is InChI=1S/C16H25N3O2/c1-5-7-11(2)17-16(21)12(3)18-14-8-6-9-15(10-14)19-13(4)20/h6,8-12,18H,5,7H2,1-4H3,(H,17,21)(H,19,20). The highest BCUT2D eigenvalue weighted by Crippen LogP contribution is 2.16. The second-order valence-corrected chi connectivity index (χ2v) is 5.33. The fourth-order valence-electron chi connectivity index (χ4n) is 2.08. The van der Waals surface area contributed by atoms with Crippen molar-refractivity contribution in [3.63, 3.8) is 0 Å². The number of hydrogen-bond acceptors (Lipinski definition) is 3. The van der Waals surface area contributed by atoms with Crippen LogP contribution < -0.4 is 16.0 Å². The summed E-state index contributed by atoms with van der Waals surface area (Å²) in [6.07, 6.45) is 2.01. The maximum atomic E-state index is 12.1. The molecule has 0 saturated heterocycles. The molecule has 0 aromatic heterocycles. The van der Waals surface area contributed by atoms with E-state index < -0.39 is 0 Å². The highest BCUT2D eigenvalue weighted by atomic mass is 16.2. The second kappa shape index (κ2) is 8.29. The van der Waals surface area contributed by atoms with Crippen molar-refractivity contribution in [1.82, 2.24) is 5.32 Å². The molecule has 1 aromatic carbocycles. The maximum Gasteiger partial charge on any atom is 0.242 e. The normalized spacial score (nSPS) is 13.1. The minimum Gasteiger partial charge on any atom is -0.374 e. The first-order valence-corrected chi connectivity index (χ1v) is 7.37. The van der Waals surface area contributed by atoms with Gasteiger partial charge in [0.05, 0.1) is 0 Å². The smallest absolute Gasteiger partial charge is 0.242 e. The lowest BCUT2D eigenvalue weighted by atomic mass is 10.2. The van der Waals surface area contributed by atoms with Crippen LogP contribution in [-0.2, 0) is 9.59 Å². The number of benzene rings is 1. The van der Waals surface area contributed by atoms with Gasteiger partial charge < -0.3 is 16.0 Å². The van der Waals surface area contributed by atoms with E-state index in [0.717, 1.165) is 18.5 Å². The van der Waals surface area contributed by atoms with Crippen molar-refractivity contribution >= 4 is 23.2 Å². The van der Waals surface area contributed by atoms with E-state index in [1.54, 1.807) is 12.1 Å². The molecule has 0 aliphatic rings. The van der Waals surface area contributed by atoms with Crippen molar-refractivity contribution in [2.24, 2.45) is 0 Å². The Kier molecular flexibility index (Phi) is 6.72. The van der Waals surface area contributed by atoms with Crippen LogP contribution in [0.25, 0.3) is 0 Å². The van der Waals surface area contributed by atoms with Gasteiger partial charge in [0.2, 0.25) is 11.8 Å². The lowest BCUT2D eigenvalue weighted by Gasteiger charge is -2.19. The average molecular weight is 291 g/mol. The van der Waals surface area contributed by atoms with Crippen molar-refractivity contribution in [2.75, 3.05) is 10.6 Å². The van der Waals surface area contributed by atoms with Gasteiger partial charge in [-0.3, -0.25) is 9.59 Å². The molecule has 116 valence electrons. The van der Waals surface area contributed by atoms with E-state index >= 15 is 0 Å². The number of carbonyl (C=O) groups excluding carboxylic acids is 2. The van der Waals surface area contributed by atoms with Crippen LogP contribution in [0.5, 0.6) is 0 Å². The molecule has 2 unspecified atom stereocenters. The van der Waals surface area contributed by atoms with Gasteiger partial charge in [-0.05, 0) is 38.5 Å². The van der Waals surface area contributed by atoms with E-state index in [-0.39, 0.29) is 23.9 Å². The third kappa shape index (κ3) is 6.29. The Morgan fingerprint density at radius 1 is 1.19 bits per heavy atom. The van der Waals surface area contributed by atoms with Gasteiger partial charge in [-0.15, -0.1) is 0 Å². The summed E-state index contributed by atoms with van der Waals surface area (Å²) in [5, 5.41) is 8.83. The van der Waals surface area contributed by atoms with Gasteiger partial charge in [-0.2, -0.15) is 0 Å². The summed E-state index contributed by atoms with van der Waals surface area (Å²) >= 11 is 0. The number of rotatable bonds is 7. The zero-order chi connectivity index (χ0) is 15.8. The van der Waals surface area contributed by atoms with Crippen LogP contribution in [0.1, 0.15) is 40.5 Å². The molecule has 0 fully saturated rings. The molecule has 1 aromatic rings. The average Bonchev–Trinajstić information content (AvgIpc) is 2.38. The van der Waals surface area contributed by atoms with E-state index in [0.29, 0.717) is 5.69 Å². The predicted molar refractivity (Wildman–Crippen MR) is 86.3 cm³/mol. The summed E-state index contributed by atoms with van der Waals surface area (Å²) in [5.41, 5.74) is 1.51. The van der Waals surface area contributed by atoms with Crippen molar-refractivity contribution in [3.05, 3.63) is 24.3 Å². The van der Waals surface area contributed by atoms with Crippen molar-refractivity contribution < 1.29 is 9.59 Å². The number of carbonyl (C=O) groups is 2. The van der Waals surface area contributed by atoms with E-state index in [4.69, 9.17) is 0 Å². The molecule has 2 amide bonds. The molecule has 0 saturated carbocycles. The topological polar surface area (TPSA) is 70.2 Å². The SMILES string of the molecule is CCCC(C)NC(=O)C(C)Nc1cccc(NC(C)=O)c1. The third-order valence-electron chi connectivity index (χ3n) is 3.07. The van der Waals surface area contributed by atoms with Gasteiger partial charge >= 0.3 is 0 Å². The number of amides is 2. The highest BCUT2D eigenvalue weighted by molar-refractivity contribution is 5.89. The largest absolute Gasteiger partial charge is 0.374 e. The third-order valence-corrected chi connectivity index (χ3v) is 3.07. The quantitative estimate of drug-likeness (QED) is 0.723. The molecule has 1 rings (SSSR count). The fraction of sp³-hybridized carbons (Fsp3) is 0.500. The lowest BCUT2D eigenvalue weighted by Crippen LogP contribution is -2.42. The summed E-state index contributed by atoms with van der Waals surface area (Å²) in [4.78, 5) is 23.1. The molecular weight excluding hydrogens is 266 g/mol. The minimum absolute atomic E-state index is 0.0270. The van der Waals surface area contributed by atoms with Gasteiger partial charge in [-0.25, -0.2) is 0 Å². The number of anilines is 2. The maximum absolute atomic E-state index is 12.1. The van der Waals surface area contributed by atoms with Gasteiger partial charge in [0, 0.05) is 24.3 Å². The monoisotopic (exact) mass is 291 g/mol. The van der Waals surface area contributed by atoms with Crippen molar-refractivity contribution in [2.45, 2.75) is 52.6 Å². The zero-order valence-electron chi connectivity index (χ0n) is 13.2. The molecule has 2 atom stereocenters. The van der Waals surface area contributed by atoms with E-state index in [1.807, 2.05) is 26.0 Å². The first-order chi connectivity index (χ1) is 9.92. The fourth-order valence-corrected chi connectivity index (χ4v) is 2.08. The van der Waals surface area contributed by atoms with Crippen LogP contribution in [0.3, 0.4) is 0 Å². The molecular formula is C16H25N3O2. The minimum atomic E-state index is -0.336. The summed E-state index contributed by atoms with van der Waals surface area (Å²) in [5.74, 6) is -0.146. The van der Waals surface area contributed by atoms with Gasteiger partial charge in [0.25, 0.3) is 0 Å². The van der Waals surface area contributed by atoms with Crippen LogP contribution in [0.4, 0.5) is 11.4 Å². The second-order valence-electron chi connectivity index (χ2n) is 5.33. The molecule has 0 aliphatic heterocycles. The Balaban J connectivity index is 2.59. The highest BCUT2D eigenvalue weighted by Gasteiger charge is 2.14. The summed E-state index contributed by atoms with van der Waals surface area (Å²) in [6.45, 7) is 7.38. The summed E-state index contributed by atoms with van der Waals surface area (Å²) in [7, 11) is 0. The van der Waals surface area contributed by atoms with E-state index in [2.05, 4.69) is 22.9 Å². The van der Waals surface area contributed by atoms with Crippen molar-refractivity contribution in [3.8, 4) is 0 Å². The molecule has 0 aliphatic carbocycles. The van der Waals surface area contributed by atoms with Gasteiger partial charge in [-0.1, -0.05) is 19.4 Å². The van der Waals surface area contributed by atoms with Crippen LogP contribution in [0, 0.1) is 0 Å². The van der Waals surface area contributed by atoms with Crippen LogP contribution in [-0.4, -0.2) is 23.9 Å². The van der Waals surface area contributed by atoms with Crippen molar-refractivity contribution in [1.29, 1.82) is 0 Å². The van der Waals surface area contributed by atoms with E-state index in [9.17, 15) is 9.59 Å². The molecule has 0 radical (unpaired) electrons. The van der Waals surface area contributed by atoms with Crippen LogP contribution >= 0.6 is 0 Å². The molecule has 5 heteroatoms. The van der Waals surface area contributed by atoms with Crippen LogP contribution in [0.2, 0.25) is 0 Å². The predicted octanol–water partition coefficient (Wildman–Crippen LogP) is 2.75.